The van der Waals surface area contributed by atoms with Crippen molar-refractivity contribution < 1.29 is 0 Å². The normalized spacial score (nSPS) is 29.0. The molecule has 2 aliphatic rings. The van der Waals surface area contributed by atoms with Gasteiger partial charge in [-0.2, -0.15) is 0 Å². The molecule has 0 bridgehead atoms. The lowest BCUT2D eigenvalue weighted by Crippen LogP contribution is -2.41. The number of hydrogen-bond acceptors (Lipinski definition) is 3. The lowest BCUT2D eigenvalue weighted by atomic mass is 9.99. The summed E-state index contributed by atoms with van der Waals surface area (Å²) in [6.45, 7) is 4.72. The molecule has 0 aliphatic carbocycles. The summed E-state index contributed by atoms with van der Waals surface area (Å²) in [4.78, 5) is 6.88. The summed E-state index contributed by atoms with van der Waals surface area (Å²) in [5, 5.41) is 3.70. The molecule has 92 valence electrons. The SMILES string of the molecule is Cc1ccncc1NC1CCN2CCCCC12. The van der Waals surface area contributed by atoms with E-state index in [1.807, 2.05) is 12.4 Å². The minimum Gasteiger partial charge on any atom is -0.379 e. The molecule has 0 amide bonds. The fraction of sp³-hybridized carbons (Fsp3) is 0.643. The number of rotatable bonds is 2. The Labute approximate surface area is 103 Å². The first-order valence-corrected chi connectivity index (χ1v) is 6.76. The molecule has 1 aromatic heterocycles. The zero-order valence-electron chi connectivity index (χ0n) is 10.5. The van der Waals surface area contributed by atoms with Crippen LogP contribution in [0.2, 0.25) is 0 Å². The average molecular weight is 231 g/mol. The molecule has 3 nitrogen and oxygen atoms in total. The number of pyridine rings is 1. The van der Waals surface area contributed by atoms with Crippen LogP contribution in [0.3, 0.4) is 0 Å². The van der Waals surface area contributed by atoms with E-state index in [0.29, 0.717) is 6.04 Å². The van der Waals surface area contributed by atoms with Gasteiger partial charge in [-0.05, 0) is 44.4 Å². The number of aromatic nitrogens is 1. The Morgan fingerprint density at radius 1 is 1.29 bits per heavy atom. The number of aryl methyl sites for hydroxylation is 1. The molecule has 2 atom stereocenters. The third kappa shape index (κ3) is 2.16. The maximum atomic E-state index is 4.22. The predicted octanol–water partition coefficient (Wildman–Crippen LogP) is 2.43. The van der Waals surface area contributed by atoms with Gasteiger partial charge in [0, 0.05) is 24.8 Å². The Morgan fingerprint density at radius 3 is 3.12 bits per heavy atom. The van der Waals surface area contributed by atoms with Gasteiger partial charge < -0.3 is 5.32 Å². The first kappa shape index (κ1) is 11.0. The summed E-state index contributed by atoms with van der Waals surface area (Å²) in [6.07, 6.45) is 9.24. The Kier molecular flexibility index (Phi) is 3.02. The van der Waals surface area contributed by atoms with Gasteiger partial charge in [-0.15, -0.1) is 0 Å². The van der Waals surface area contributed by atoms with Gasteiger partial charge in [0.05, 0.1) is 11.9 Å². The minimum atomic E-state index is 0.623. The molecule has 1 N–H and O–H groups in total. The molecule has 2 fully saturated rings. The fourth-order valence-electron chi connectivity index (χ4n) is 3.23. The Bertz CT molecular complexity index is 391. The summed E-state index contributed by atoms with van der Waals surface area (Å²) in [5.41, 5.74) is 2.51. The summed E-state index contributed by atoms with van der Waals surface area (Å²) < 4.78 is 0. The molecule has 0 aromatic carbocycles. The number of nitrogens with one attached hydrogen (secondary N) is 1. The van der Waals surface area contributed by atoms with E-state index in [9.17, 15) is 0 Å². The Balaban J connectivity index is 1.71. The van der Waals surface area contributed by atoms with Crippen molar-refractivity contribution >= 4 is 5.69 Å². The van der Waals surface area contributed by atoms with Crippen LogP contribution >= 0.6 is 0 Å². The summed E-state index contributed by atoms with van der Waals surface area (Å²) >= 11 is 0. The van der Waals surface area contributed by atoms with E-state index >= 15 is 0 Å². The van der Waals surface area contributed by atoms with E-state index in [0.717, 1.165) is 6.04 Å². The second-order valence-corrected chi connectivity index (χ2v) is 5.33. The fourth-order valence-corrected chi connectivity index (χ4v) is 3.23. The highest BCUT2D eigenvalue weighted by molar-refractivity contribution is 5.49. The van der Waals surface area contributed by atoms with Crippen molar-refractivity contribution in [1.29, 1.82) is 0 Å². The first-order chi connectivity index (χ1) is 8.34. The van der Waals surface area contributed by atoms with Crippen LogP contribution in [0.1, 0.15) is 31.2 Å². The average Bonchev–Trinajstić information content (AvgIpc) is 2.76. The van der Waals surface area contributed by atoms with Crippen LogP contribution in [0.5, 0.6) is 0 Å². The van der Waals surface area contributed by atoms with E-state index in [4.69, 9.17) is 0 Å². The lowest BCUT2D eigenvalue weighted by molar-refractivity contribution is 0.192. The van der Waals surface area contributed by atoms with Gasteiger partial charge in [0.25, 0.3) is 0 Å². The number of anilines is 1. The number of hydrogen-bond donors (Lipinski definition) is 1. The largest absolute Gasteiger partial charge is 0.379 e. The molecule has 3 rings (SSSR count). The van der Waals surface area contributed by atoms with Crippen LogP contribution in [-0.4, -0.2) is 35.1 Å². The zero-order chi connectivity index (χ0) is 11.7. The van der Waals surface area contributed by atoms with E-state index in [2.05, 4.69) is 28.2 Å². The second kappa shape index (κ2) is 4.65. The highest BCUT2D eigenvalue weighted by atomic mass is 15.2. The van der Waals surface area contributed by atoms with E-state index in [-0.39, 0.29) is 0 Å². The van der Waals surface area contributed by atoms with Gasteiger partial charge in [0.15, 0.2) is 0 Å². The molecular formula is C14H21N3. The van der Waals surface area contributed by atoms with E-state index < -0.39 is 0 Å². The van der Waals surface area contributed by atoms with Gasteiger partial charge in [0.1, 0.15) is 0 Å². The van der Waals surface area contributed by atoms with Crippen LogP contribution in [0.4, 0.5) is 5.69 Å². The predicted molar refractivity (Wildman–Crippen MR) is 70.2 cm³/mol. The van der Waals surface area contributed by atoms with E-state index in [1.54, 1.807) is 0 Å². The van der Waals surface area contributed by atoms with Gasteiger partial charge >= 0.3 is 0 Å². The molecule has 0 radical (unpaired) electrons. The van der Waals surface area contributed by atoms with Crippen molar-refractivity contribution in [1.82, 2.24) is 9.88 Å². The standard InChI is InChI=1S/C14H21N3/c1-11-5-7-15-10-13(11)16-12-6-9-17-8-3-2-4-14(12)17/h5,7,10,12,14,16H,2-4,6,8-9H2,1H3. The molecule has 3 heterocycles. The van der Waals surface area contributed by atoms with Crippen molar-refractivity contribution in [3.05, 3.63) is 24.0 Å². The van der Waals surface area contributed by atoms with Crippen LogP contribution in [0, 0.1) is 6.92 Å². The maximum absolute atomic E-state index is 4.22. The second-order valence-electron chi connectivity index (χ2n) is 5.33. The molecule has 0 spiro atoms. The molecule has 17 heavy (non-hydrogen) atoms. The highest BCUT2D eigenvalue weighted by Gasteiger charge is 2.35. The molecule has 2 aliphatic heterocycles. The third-order valence-electron chi connectivity index (χ3n) is 4.24. The van der Waals surface area contributed by atoms with Crippen molar-refractivity contribution in [2.45, 2.75) is 44.7 Å². The van der Waals surface area contributed by atoms with Gasteiger partial charge in [0.2, 0.25) is 0 Å². The van der Waals surface area contributed by atoms with Crippen molar-refractivity contribution in [2.75, 3.05) is 18.4 Å². The topological polar surface area (TPSA) is 28.2 Å². The van der Waals surface area contributed by atoms with Crippen molar-refractivity contribution in [3.63, 3.8) is 0 Å². The molecule has 2 unspecified atom stereocenters. The lowest BCUT2D eigenvalue weighted by Gasteiger charge is -2.33. The summed E-state index contributed by atoms with van der Waals surface area (Å²) in [5.74, 6) is 0. The van der Waals surface area contributed by atoms with E-state index in [1.165, 1.54) is 50.0 Å². The smallest absolute Gasteiger partial charge is 0.0559 e. The summed E-state index contributed by atoms with van der Waals surface area (Å²) in [7, 11) is 0. The molecule has 1 aromatic rings. The monoisotopic (exact) mass is 231 g/mol. The van der Waals surface area contributed by atoms with Crippen LogP contribution in [0.25, 0.3) is 0 Å². The molecule has 0 saturated carbocycles. The van der Waals surface area contributed by atoms with Crippen LogP contribution < -0.4 is 5.32 Å². The maximum Gasteiger partial charge on any atom is 0.0559 e. The third-order valence-corrected chi connectivity index (χ3v) is 4.24. The number of fused-ring (bicyclic) bond motifs is 1. The molecule has 3 heteroatoms. The molecule has 2 saturated heterocycles. The van der Waals surface area contributed by atoms with Gasteiger partial charge in [-0.3, -0.25) is 9.88 Å². The highest BCUT2D eigenvalue weighted by Crippen LogP contribution is 2.29. The Hall–Kier alpha value is -1.09. The summed E-state index contributed by atoms with van der Waals surface area (Å²) in [6, 6.07) is 3.46. The quantitative estimate of drug-likeness (QED) is 0.847. The molecular weight excluding hydrogens is 210 g/mol. The van der Waals surface area contributed by atoms with Crippen molar-refractivity contribution in [2.24, 2.45) is 0 Å². The first-order valence-electron chi connectivity index (χ1n) is 6.76. The number of nitrogens with zero attached hydrogens (tertiary/aromatic N) is 2. The van der Waals surface area contributed by atoms with Crippen LogP contribution in [0.15, 0.2) is 18.5 Å². The Morgan fingerprint density at radius 2 is 2.24 bits per heavy atom. The zero-order valence-corrected chi connectivity index (χ0v) is 10.5. The van der Waals surface area contributed by atoms with Crippen molar-refractivity contribution in [3.8, 4) is 0 Å². The van der Waals surface area contributed by atoms with Gasteiger partial charge in [-0.25, -0.2) is 0 Å². The van der Waals surface area contributed by atoms with Gasteiger partial charge in [-0.1, -0.05) is 6.42 Å². The minimum absolute atomic E-state index is 0.623. The number of piperidine rings is 1. The van der Waals surface area contributed by atoms with Crippen LogP contribution in [-0.2, 0) is 0 Å².